The highest BCUT2D eigenvalue weighted by Crippen LogP contribution is 2.27. The number of aryl methyl sites for hydroxylation is 1. The Morgan fingerprint density at radius 1 is 1.21 bits per heavy atom. The predicted octanol–water partition coefficient (Wildman–Crippen LogP) is 4.08. The third kappa shape index (κ3) is 3.41. The zero-order valence-corrected chi connectivity index (χ0v) is 12.5. The maximum atomic E-state index is 9.81. The summed E-state index contributed by atoms with van der Waals surface area (Å²) in [6.07, 6.45) is 0. The first-order valence-electron chi connectivity index (χ1n) is 5.96. The minimum atomic E-state index is 0.261. The molecule has 0 aliphatic heterocycles. The molecular weight excluding hydrogens is 306 g/mol. The van der Waals surface area contributed by atoms with Crippen LogP contribution in [0.15, 0.2) is 40.9 Å². The number of aromatic hydroxyl groups is 1. The molecule has 4 heteroatoms. The molecule has 0 unspecified atom stereocenters. The van der Waals surface area contributed by atoms with Gasteiger partial charge in [0.2, 0.25) is 0 Å². The van der Waals surface area contributed by atoms with Gasteiger partial charge in [-0.1, -0.05) is 6.07 Å². The zero-order valence-electron chi connectivity index (χ0n) is 10.9. The van der Waals surface area contributed by atoms with Gasteiger partial charge >= 0.3 is 0 Å². The van der Waals surface area contributed by atoms with Crippen molar-refractivity contribution < 1.29 is 9.84 Å². The van der Waals surface area contributed by atoms with E-state index in [1.807, 2.05) is 31.2 Å². The lowest BCUT2D eigenvalue weighted by molar-refractivity contribution is 0.411. The standard InChI is InChI=1S/C15H16BrNO2/c1-10-3-5-14(13(16)7-10)17-9-11-8-12(19-2)4-6-15(11)18/h3-8,17-18H,9H2,1-2H3. The highest BCUT2D eigenvalue weighted by molar-refractivity contribution is 9.10. The van der Waals surface area contributed by atoms with Gasteiger partial charge < -0.3 is 15.2 Å². The molecule has 100 valence electrons. The zero-order chi connectivity index (χ0) is 13.8. The van der Waals surface area contributed by atoms with Crippen LogP contribution in [0.3, 0.4) is 0 Å². The summed E-state index contributed by atoms with van der Waals surface area (Å²) in [4.78, 5) is 0. The molecule has 2 N–H and O–H groups in total. The molecule has 0 saturated heterocycles. The van der Waals surface area contributed by atoms with Crippen LogP contribution in [0, 0.1) is 6.92 Å². The smallest absolute Gasteiger partial charge is 0.120 e. The molecule has 0 fully saturated rings. The fourth-order valence-corrected chi connectivity index (χ4v) is 2.42. The van der Waals surface area contributed by atoms with Gasteiger partial charge in [0.1, 0.15) is 11.5 Å². The van der Waals surface area contributed by atoms with Crippen molar-refractivity contribution in [3.8, 4) is 11.5 Å². The summed E-state index contributed by atoms with van der Waals surface area (Å²) in [7, 11) is 1.61. The number of phenolic OH excluding ortho intramolecular Hbond substituents is 1. The lowest BCUT2D eigenvalue weighted by atomic mass is 10.1. The quantitative estimate of drug-likeness (QED) is 0.891. The van der Waals surface area contributed by atoms with E-state index >= 15 is 0 Å². The first-order valence-corrected chi connectivity index (χ1v) is 6.75. The van der Waals surface area contributed by atoms with E-state index in [0.717, 1.165) is 21.5 Å². The van der Waals surface area contributed by atoms with Crippen LogP contribution >= 0.6 is 15.9 Å². The van der Waals surface area contributed by atoms with Crippen LogP contribution < -0.4 is 10.1 Å². The van der Waals surface area contributed by atoms with Crippen LogP contribution in [0.1, 0.15) is 11.1 Å². The first-order chi connectivity index (χ1) is 9.10. The number of phenols is 1. The number of methoxy groups -OCH3 is 1. The van der Waals surface area contributed by atoms with Crippen molar-refractivity contribution in [2.24, 2.45) is 0 Å². The van der Waals surface area contributed by atoms with Gasteiger partial charge in [0.25, 0.3) is 0 Å². The van der Waals surface area contributed by atoms with Crippen molar-refractivity contribution in [1.82, 2.24) is 0 Å². The van der Waals surface area contributed by atoms with Crippen LogP contribution in [0.5, 0.6) is 11.5 Å². The molecule has 0 aliphatic rings. The molecule has 0 heterocycles. The molecule has 2 rings (SSSR count). The number of nitrogens with one attached hydrogen (secondary N) is 1. The Morgan fingerprint density at radius 3 is 2.68 bits per heavy atom. The van der Waals surface area contributed by atoms with Crippen molar-refractivity contribution in [3.05, 3.63) is 52.0 Å². The lowest BCUT2D eigenvalue weighted by Crippen LogP contribution is -2.01. The second kappa shape index (κ2) is 5.97. The molecule has 0 radical (unpaired) electrons. The monoisotopic (exact) mass is 321 g/mol. The highest BCUT2D eigenvalue weighted by Gasteiger charge is 2.05. The Bertz CT molecular complexity index is 584. The molecule has 2 aromatic rings. The Balaban J connectivity index is 2.14. The summed E-state index contributed by atoms with van der Waals surface area (Å²) >= 11 is 3.52. The van der Waals surface area contributed by atoms with Crippen molar-refractivity contribution in [1.29, 1.82) is 0 Å². The van der Waals surface area contributed by atoms with E-state index in [1.165, 1.54) is 5.56 Å². The number of hydrogen-bond donors (Lipinski definition) is 2. The number of hydrogen-bond acceptors (Lipinski definition) is 3. The summed E-state index contributed by atoms with van der Waals surface area (Å²) in [5.74, 6) is 0.995. The predicted molar refractivity (Wildman–Crippen MR) is 80.9 cm³/mol. The SMILES string of the molecule is COc1ccc(O)c(CNc2ccc(C)cc2Br)c1. The van der Waals surface area contributed by atoms with Gasteiger partial charge in [0.05, 0.1) is 7.11 Å². The highest BCUT2D eigenvalue weighted by atomic mass is 79.9. The minimum absolute atomic E-state index is 0.261. The van der Waals surface area contributed by atoms with Gasteiger partial charge in [-0.15, -0.1) is 0 Å². The average molecular weight is 322 g/mol. The van der Waals surface area contributed by atoms with E-state index in [9.17, 15) is 5.11 Å². The fourth-order valence-electron chi connectivity index (χ4n) is 1.78. The maximum Gasteiger partial charge on any atom is 0.120 e. The van der Waals surface area contributed by atoms with Crippen LogP contribution in [0.25, 0.3) is 0 Å². The molecule has 2 aromatic carbocycles. The van der Waals surface area contributed by atoms with E-state index in [2.05, 4.69) is 21.2 Å². The number of benzene rings is 2. The van der Waals surface area contributed by atoms with Crippen molar-refractivity contribution in [2.45, 2.75) is 13.5 Å². The first kappa shape index (κ1) is 13.7. The van der Waals surface area contributed by atoms with Gasteiger partial charge in [-0.25, -0.2) is 0 Å². The maximum absolute atomic E-state index is 9.81. The minimum Gasteiger partial charge on any atom is -0.508 e. The third-order valence-corrected chi connectivity index (χ3v) is 3.54. The van der Waals surface area contributed by atoms with E-state index < -0.39 is 0 Å². The van der Waals surface area contributed by atoms with E-state index in [-0.39, 0.29) is 5.75 Å². The number of anilines is 1. The third-order valence-electron chi connectivity index (χ3n) is 2.88. The summed E-state index contributed by atoms with van der Waals surface area (Å²) in [6, 6.07) is 11.3. The largest absolute Gasteiger partial charge is 0.508 e. The molecule has 0 amide bonds. The van der Waals surface area contributed by atoms with Crippen LogP contribution in [0.4, 0.5) is 5.69 Å². The topological polar surface area (TPSA) is 41.5 Å². The summed E-state index contributed by atoms with van der Waals surface area (Å²) in [6.45, 7) is 2.58. The van der Waals surface area contributed by atoms with Gasteiger partial charge in [-0.05, 0) is 58.7 Å². The van der Waals surface area contributed by atoms with Crippen molar-refractivity contribution >= 4 is 21.6 Å². The fraction of sp³-hybridized carbons (Fsp3) is 0.200. The van der Waals surface area contributed by atoms with Crippen LogP contribution in [-0.2, 0) is 6.54 Å². The van der Waals surface area contributed by atoms with Crippen molar-refractivity contribution in [3.63, 3.8) is 0 Å². The van der Waals surface area contributed by atoms with E-state index in [0.29, 0.717) is 6.54 Å². The molecule has 0 bridgehead atoms. The number of rotatable bonds is 4. The Kier molecular flexibility index (Phi) is 4.32. The van der Waals surface area contributed by atoms with Gasteiger partial charge in [-0.3, -0.25) is 0 Å². The molecular formula is C15H16BrNO2. The molecule has 0 saturated carbocycles. The molecule has 3 nitrogen and oxygen atoms in total. The summed E-state index contributed by atoms with van der Waals surface area (Å²) in [5, 5.41) is 13.1. The lowest BCUT2D eigenvalue weighted by Gasteiger charge is -2.11. The van der Waals surface area contributed by atoms with Crippen LogP contribution in [0.2, 0.25) is 0 Å². The van der Waals surface area contributed by atoms with Gasteiger partial charge in [0.15, 0.2) is 0 Å². The molecule has 0 aliphatic carbocycles. The normalized spacial score (nSPS) is 10.3. The average Bonchev–Trinajstić information content (AvgIpc) is 2.39. The number of halogens is 1. The van der Waals surface area contributed by atoms with Crippen LogP contribution in [-0.4, -0.2) is 12.2 Å². The Labute approximate surface area is 121 Å². The Morgan fingerprint density at radius 2 is 2.00 bits per heavy atom. The second-order valence-corrected chi connectivity index (χ2v) is 5.19. The van der Waals surface area contributed by atoms with E-state index in [1.54, 1.807) is 19.2 Å². The molecule has 0 atom stereocenters. The second-order valence-electron chi connectivity index (χ2n) is 4.33. The Hall–Kier alpha value is -1.68. The number of ether oxygens (including phenoxy) is 1. The summed E-state index contributed by atoms with van der Waals surface area (Å²) in [5.41, 5.74) is 2.99. The van der Waals surface area contributed by atoms with Gasteiger partial charge in [-0.2, -0.15) is 0 Å². The molecule has 19 heavy (non-hydrogen) atoms. The van der Waals surface area contributed by atoms with E-state index in [4.69, 9.17) is 4.74 Å². The molecule has 0 aromatic heterocycles. The van der Waals surface area contributed by atoms with Gasteiger partial charge in [0, 0.05) is 22.3 Å². The molecule has 0 spiro atoms. The summed E-state index contributed by atoms with van der Waals surface area (Å²) < 4.78 is 6.16. The van der Waals surface area contributed by atoms with Crippen molar-refractivity contribution in [2.75, 3.05) is 12.4 Å².